The summed E-state index contributed by atoms with van der Waals surface area (Å²) in [5, 5.41) is 0.832. The molecule has 1 atom stereocenters. The summed E-state index contributed by atoms with van der Waals surface area (Å²) < 4.78 is 0. The van der Waals surface area contributed by atoms with E-state index in [-0.39, 0.29) is 5.41 Å². The Hall–Kier alpha value is -1.31. The number of fused-ring (bicyclic) bond motifs is 1. The molecule has 4 rings (SSSR count). The predicted octanol–water partition coefficient (Wildman–Crippen LogP) is 5.84. The molecule has 1 nitrogen and oxygen atoms in total. The van der Waals surface area contributed by atoms with Crippen molar-refractivity contribution in [3.8, 4) is 0 Å². The van der Waals surface area contributed by atoms with E-state index < -0.39 is 0 Å². The fourth-order valence-electron chi connectivity index (χ4n) is 4.93. The van der Waals surface area contributed by atoms with Gasteiger partial charge in [-0.1, -0.05) is 54.4 Å². The third kappa shape index (κ3) is 3.50. The summed E-state index contributed by atoms with van der Waals surface area (Å²) in [6.45, 7) is 3.76. The fourth-order valence-corrected chi connectivity index (χ4v) is 5.05. The van der Waals surface area contributed by atoms with E-state index in [1.165, 1.54) is 70.1 Å². The van der Waals surface area contributed by atoms with Crippen LogP contribution in [0.15, 0.2) is 48.5 Å². The summed E-state index contributed by atoms with van der Waals surface area (Å²) in [4.78, 5) is 2.68. The molecule has 2 heteroatoms. The Balaban J connectivity index is 1.70. The number of halogens is 1. The quantitative estimate of drug-likeness (QED) is 0.667. The van der Waals surface area contributed by atoms with Gasteiger partial charge < -0.3 is 4.90 Å². The van der Waals surface area contributed by atoms with Crippen molar-refractivity contribution >= 4 is 11.6 Å². The Morgan fingerprint density at radius 3 is 2.44 bits per heavy atom. The second-order valence-electron chi connectivity index (χ2n) is 7.75. The van der Waals surface area contributed by atoms with Gasteiger partial charge in [0, 0.05) is 10.4 Å². The van der Waals surface area contributed by atoms with Gasteiger partial charge in [-0.25, -0.2) is 0 Å². The van der Waals surface area contributed by atoms with Gasteiger partial charge in [-0.15, -0.1) is 0 Å². The van der Waals surface area contributed by atoms with Crippen molar-refractivity contribution in [2.75, 3.05) is 19.6 Å². The number of rotatable bonds is 4. The van der Waals surface area contributed by atoms with Crippen molar-refractivity contribution in [3.63, 3.8) is 0 Å². The van der Waals surface area contributed by atoms with Crippen LogP contribution in [0.2, 0.25) is 5.02 Å². The highest BCUT2D eigenvalue weighted by Gasteiger charge is 2.38. The van der Waals surface area contributed by atoms with Crippen molar-refractivity contribution < 1.29 is 0 Å². The number of hydrogen-bond donors (Lipinski definition) is 0. The first kappa shape index (κ1) is 17.1. The predicted molar refractivity (Wildman–Crippen MR) is 107 cm³/mol. The Labute approximate surface area is 157 Å². The molecule has 1 fully saturated rings. The van der Waals surface area contributed by atoms with Gasteiger partial charge in [-0.3, -0.25) is 0 Å². The summed E-state index contributed by atoms with van der Waals surface area (Å²) in [7, 11) is 0. The number of likely N-dealkylation sites (tertiary alicyclic amines) is 1. The van der Waals surface area contributed by atoms with Crippen LogP contribution in [-0.2, 0) is 11.8 Å². The van der Waals surface area contributed by atoms with Crippen LogP contribution in [-0.4, -0.2) is 24.5 Å². The first-order valence-corrected chi connectivity index (χ1v) is 10.2. The van der Waals surface area contributed by atoms with Crippen LogP contribution in [0.3, 0.4) is 0 Å². The maximum atomic E-state index is 6.19. The Bertz CT molecular complexity index is 702. The van der Waals surface area contributed by atoms with E-state index >= 15 is 0 Å². The molecule has 0 aromatic heterocycles. The minimum Gasteiger partial charge on any atom is -0.303 e. The van der Waals surface area contributed by atoms with E-state index in [1.807, 2.05) is 0 Å². The average Bonchev–Trinajstić information content (AvgIpc) is 2.68. The highest BCUT2D eigenvalue weighted by Crippen LogP contribution is 2.45. The lowest BCUT2D eigenvalue weighted by atomic mass is 9.64. The Kier molecular flexibility index (Phi) is 5.15. The van der Waals surface area contributed by atoms with E-state index in [9.17, 15) is 0 Å². The van der Waals surface area contributed by atoms with Gasteiger partial charge in [0.25, 0.3) is 0 Å². The monoisotopic (exact) mass is 353 g/mol. The molecule has 0 N–H and O–H groups in total. The van der Waals surface area contributed by atoms with E-state index in [0.29, 0.717) is 0 Å². The largest absolute Gasteiger partial charge is 0.303 e. The Morgan fingerprint density at radius 2 is 1.64 bits per heavy atom. The second-order valence-corrected chi connectivity index (χ2v) is 8.19. The van der Waals surface area contributed by atoms with Crippen molar-refractivity contribution in [3.05, 3.63) is 70.2 Å². The van der Waals surface area contributed by atoms with Crippen LogP contribution < -0.4 is 0 Å². The van der Waals surface area contributed by atoms with E-state index in [2.05, 4.69) is 53.4 Å². The molecule has 1 aliphatic carbocycles. The minimum atomic E-state index is 0.150. The first-order valence-electron chi connectivity index (χ1n) is 9.85. The van der Waals surface area contributed by atoms with E-state index in [0.717, 1.165) is 5.02 Å². The highest BCUT2D eigenvalue weighted by molar-refractivity contribution is 6.30. The van der Waals surface area contributed by atoms with Crippen LogP contribution in [0, 0.1) is 0 Å². The molecular weight excluding hydrogens is 326 g/mol. The van der Waals surface area contributed by atoms with Crippen molar-refractivity contribution in [2.45, 2.75) is 50.4 Å². The molecule has 0 amide bonds. The van der Waals surface area contributed by atoms with Crippen LogP contribution in [0.4, 0.5) is 0 Å². The van der Waals surface area contributed by atoms with Crippen LogP contribution in [0.1, 0.15) is 55.2 Å². The molecule has 0 saturated carbocycles. The van der Waals surface area contributed by atoms with Gasteiger partial charge in [0.05, 0.1) is 0 Å². The molecule has 132 valence electrons. The van der Waals surface area contributed by atoms with Crippen LogP contribution >= 0.6 is 11.6 Å². The van der Waals surface area contributed by atoms with Crippen molar-refractivity contribution in [2.24, 2.45) is 0 Å². The molecule has 2 aromatic carbocycles. The number of hydrogen-bond acceptors (Lipinski definition) is 1. The zero-order valence-electron chi connectivity index (χ0n) is 15.0. The zero-order valence-corrected chi connectivity index (χ0v) is 15.8. The lowest BCUT2D eigenvalue weighted by molar-refractivity contribution is 0.206. The van der Waals surface area contributed by atoms with Gasteiger partial charge in [-0.05, 0) is 87.0 Å². The molecule has 0 spiro atoms. The number of piperidine rings is 1. The SMILES string of the molecule is Clc1ccc([C@]2(CCN3CCCCC3)CCCc3ccccc32)cc1. The molecule has 1 aliphatic heterocycles. The number of nitrogens with zero attached hydrogens (tertiary/aromatic N) is 1. The first-order chi connectivity index (χ1) is 12.3. The summed E-state index contributed by atoms with van der Waals surface area (Å²) in [5.74, 6) is 0. The number of aryl methyl sites for hydroxylation is 1. The van der Waals surface area contributed by atoms with Crippen molar-refractivity contribution in [1.29, 1.82) is 0 Å². The maximum Gasteiger partial charge on any atom is 0.0406 e. The zero-order chi connectivity index (χ0) is 17.1. The molecule has 1 heterocycles. The maximum absolute atomic E-state index is 6.19. The second kappa shape index (κ2) is 7.51. The Morgan fingerprint density at radius 1 is 0.880 bits per heavy atom. The minimum absolute atomic E-state index is 0.150. The van der Waals surface area contributed by atoms with Crippen LogP contribution in [0.5, 0.6) is 0 Å². The molecule has 2 aliphatic rings. The topological polar surface area (TPSA) is 3.24 Å². The van der Waals surface area contributed by atoms with E-state index in [1.54, 1.807) is 11.1 Å². The average molecular weight is 354 g/mol. The molecule has 0 bridgehead atoms. The summed E-state index contributed by atoms with van der Waals surface area (Å²) in [5.41, 5.74) is 4.70. The third-order valence-electron chi connectivity index (χ3n) is 6.28. The summed E-state index contributed by atoms with van der Waals surface area (Å²) >= 11 is 6.19. The van der Waals surface area contributed by atoms with Gasteiger partial charge in [-0.2, -0.15) is 0 Å². The summed E-state index contributed by atoms with van der Waals surface area (Å²) in [6.07, 6.45) is 9.09. The highest BCUT2D eigenvalue weighted by atomic mass is 35.5. The standard InChI is InChI=1S/C23H28ClN/c24-21-12-10-20(11-13-21)23(15-18-25-16-4-1-5-17-25)14-6-8-19-7-2-3-9-22(19)23/h2-3,7,9-13H,1,4-6,8,14-18H2/t23-/m1/s1. The molecule has 25 heavy (non-hydrogen) atoms. The smallest absolute Gasteiger partial charge is 0.0406 e. The van der Waals surface area contributed by atoms with Crippen LogP contribution in [0.25, 0.3) is 0 Å². The number of benzene rings is 2. The lowest BCUT2D eigenvalue weighted by Gasteiger charge is -2.42. The third-order valence-corrected chi connectivity index (χ3v) is 6.53. The van der Waals surface area contributed by atoms with E-state index in [4.69, 9.17) is 11.6 Å². The molecular formula is C23H28ClN. The molecule has 2 aromatic rings. The molecule has 0 unspecified atom stereocenters. The summed E-state index contributed by atoms with van der Waals surface area (Å²) in [6, 6.07) is 17.8. The molecule has 0 radical (unpaired) electrons. The van der Waals surface area contributed by atoms with Gasteiger partial charge in [0.15, 0.2) is 0 Å². The van der Waals surface area contributed by atoms with Gasteiger partial charge >= 0.3 is 0 Å². The van der Waals surface area contributed by atoms with Crippen molar-refractivity contribution in [1.82, 2.24) is 4.90 Å². The van der Waals surface area contributed by atoms with Gasteiger partial charge in [0.1, 0.15) is 0 Å². The normalized spacial score (nSPS) is 24.0. The van der Waals surface area contributed by atoms with Gasteiger partial charge in [0.2, 0.25) is 0 Å². The molecule has 1 saturated heterocycles. The fraction of sp³-hybridized carbons (Fsp3) is 0.478. The lowest BCUT2D eigenvalue weighted by Crippen LogP contribution is -2.38.